The second kappa shape index (κ2) is 11.7. The number of rotatable bonds is 9. The van der Waals surface area contributed by atoms with Crippen LogP contribution in [0.15, 0.2) is 98.4 Å². The van der Waals surface area contributed by atoms with Gasteiger partial charge in [-0.25, -0.2) is 27.9 Å². The van der Waals surface area contributed by atoms with Crippen LogP contribution in [-0.2, 0) is 33.2 Å². The topological polar surface area (TPSA) is 185 Å². The van der Waals surface area contributed by atoms with Crippen LogP contribution in [0.4, 0.5) is 16.2 Å². The van der Waals surface area contributed by atoms with E-state index < -0.39 is 68.1 Å². The number of alkyl halides is 1. The summed E-state index contributed by atoms with van der Waals surface area (Å²) < 4.78 is 49.8. The Kier molecular flexibility index (Phi) is 7.32. The average Bonchev–Trinajstić information content (AvgIpc) is 3.86. The zero-order valence-electron chi connectivity index (χ0n) is 25.4. The van der Waals surface area contributed by atoms with Gasteiger partial charge in [-0.3, -0.25) is 13.8 Å². The molecule has 0 amide bonds. The van der Waals surface area contributed by atoms with Crippen LogP contribution in [-0.4, -0.2) is 72.3 Å². The number of imidazole rings is 2. The Morgan fingerprint density at radius 2 is 1.81 bits per heavy atom. The lowest BCUT2D eigenvalue weighted by molar-refractivity contribution is -0.132. The summed E-state index contributed by atoms with van der Waals surface area (Å²) in [6.45, 7) is -1.12. The van der Waals surface area contributed by atoms with Crippen LogP contribution in [0, 0.1) is 0 Å². The van der Waals surface area contributed by atoms with Gasteiger partial charge in [0.05, 0.1) is 49.0 Å². The second-order valence-corrected chi connectivity index (χ2v) is 13.6. The van der Waals surface area contributed by atoms with Gasteiger partial charge in [0.25, 0.3) is 0 Å². The van der Waals surface area contributed by atoms with Gasteiger partial charge in [0.2, 0.25) is 5.95 Å². The number of nitrogens with one attached hydrogen (secondary N) is 1. The molecule has 0 saturated carbocycles. The van der Waals surface area contributed by atoms with Crippen molar-refractivity contribution < 1.29 is 34.0 Å². The first-order chi connectivity index (χ1) is 23.4. The molecule has 0 spiro atoms. The van der Waals surface area contributed by atoms with Crippen molar-refractivity contribution >= 4 is 85.2 Å². The van der Waals surface area contributed by atoms with Gasteiger partial charge in [0.1, 0.15) is 13.2 Å². The highest BCUT2D eigenvalue weighted by atomic mass is 35.5. The fourth-order valence-corrected chi connectivity index (χ4v) is 7.20. The number of benzene rings is 3. The zero-order valence-corrected chi connectivity index (χ0v) is 26.8. The number of H-pyrrole nitrogens is 1. The molecule has 6 aromatic rings. The van der Waals surface area contributed by atoms with Crippen molar-refractivity contribution in [3.8, 4) is 5.95 Å². The molecular weight excluding hydrogens is 687 g/mol. The van der Waals surface area contributed by atoms with Crippen LogP contribution >= 0.6 is 11.6 Å². The van der Waals surface area contributed by atoms with E-state index in [9.17, 15) is 32.6 Å². The number of aromatic amines is 1. The highest BCUT2D eigenvalue weighted by Crippen LogP contribution is 2.41. The van der Waals surface area contributed by atoms with E-state index in [2.05, 4.69) is 25.2 Å². The molecule has 0 bridgehead atoms. The van der Waals surface area contributed by atoms with E-state index in [1.165, 1.54) is 30.5 Å². The van der Waals surface area contributed by atoms with Crippen molar-refractivity contribution in [1.29, 1.82) is 0 Å². The Morgan fingerprint density at radius 3 is 2.48 bits per heavy atom. The molecule has 0 aliphatic carbocycles. The minimum absolute atomic E-state index is 0.104. The smallest absolute Gasteiger partial charge is 0.346 e. The summed E-state index contributed by atoms with van der Waals surface area (Å²) in [5, 5.41) is 29.0. The molecule has 1 aliphatic heterocycles. The number of hydrogen-bond acceptors (Lipinski definition) is 8. The number of quaternary nitrogens is 1. The number of carboxylic acids is 2. The number of nitrogens with zero attached hydrogens (tertiary/aromatic N) is 7. The number of halogens is 2. The van der Waals surface area contributed by atoms with Crippen LogP contribution in [0.1, 0.15) is 11.7 Å². The Hall–Kier alpha value is -5.36. The maximum Gasteiger partial charge on any atom is 0.346 e. The summed E-state index contributed by atoms with van der Waals surface area (Å²) in [5.74, 6) is -3.93. The molecule has 242 valence electrons. The van der Waals surface area contributed by atoms with Crippen molar-refractivity contribution in [1.82, 2.24) is 33.9 Å². The molecule has 7 rings (SSSR count). The maximum atomic E-state index is 14.5. The number of fused-ring (bicyclic) bond motifs is 2. The van der Waals surface area contributed by atoms with Crippen molar-refractivity contribution in [3.63, 3.8) is 0 Å². The summed E-state index contributed by atoms with van der Waals surface area (Å²) in [4.78, 5) is 37.9. The summed E-state index contributed by atoms with van der Waals surface area (Å²) in [5.41, 5.74) is -0.0855. The summed E-state index contributed by atoms with van der Waals surface area (Å²) >= 11 is 6.53. The van der Waals surface area contributed by atoms with Gasteiger partial charge in [-0.2, -0.15) is 4.98 Å². The largest absolute Gasteiger partial charge is 0.477 e. The van der Waals surface area contributed by atoms with Crippen molar-refractivity contribution in [3.05, 3.63) is 89.2 Å². The van der Waals surface area contributed by atoms with E-state index >= 15 is 0 Å². The molecule has 18 heteroatoms. The van der Waals surface area contributed by atoms with E-state index in [-0.39, 0.29) is 38.4 Å². The van der Waals surface area contributed by atoms with Gasteiger partial charge >= 0.3 is 23.7 Å². The Labute approximate surface area is 280 Å². The molecule has 3 atom stereocenters. The molecule has 3 aromatic heterocycles. The Bertz CT molecular complexity index is 2500. The van der Waals surface area contributed by atoms with Crippen LogP contribution in [0.5, 0.6) is 0 Å². The van der Waals surface area contributed by atoms with Gasteiger partial charge in [-0.1, -0.05) is 39.5 Å². The van der Waals surface area contributed by atoms with E-state index in [1.54, 1.807) is 36.4 Å². The molecular formula is C30H21ClFN8O6S2+. The Balaban J connectivity index is 1.45. The molecule has 14 nitrogen and oxygen atoms in total. The van der Waals surface area contributed by atoms with E-state index in [0.717, 1.165) is 21.7 Å². The molecule has 3 unspecified atom stereocenters. The minimum atomic E-state index is -1.70. The Morgan fingerprint density at radius 1 is 1.04 bits per heavy atom. The number of aromatic nitrogens is 6. The number of aromatic carboxylic acids is 1. The van der Waals surface area contributed by atoms with Gasteiger partial charge in [-0.15, -0.1) is 5.10 Å². The lowest BCUT2D eigenvalue weighted by Crippen LogP contribution is -2.33. The van der Waals surface area contributed by atoms with Crippen LogP contribution in [0.2, 0.25) is 5.02 Å². The lowest BCUT2D eigenvalue weighted by Gasteiger charge is -2.19. The molecule has 4 heterocycles. The fraction of sp³-hybridized carbons (Fsp3) is 0.0667. The van der Waals surface area contributed by atoms with E-state index in [4.69, 9.17) is 13.0 Å². The highest BCUT2D eigenvalue weighted by molar-refractivity contribution is 7.85. The summed E-state index contributed by atoms with van der Waals surface area (Å²) in [6.07, 6.45) is 2.66. The molecule has 0 radical (unpaired) electrons. The molecule has 0 fully saturated rings. The number of aliphatic carboxylic acids is 1. The molecule has 1 aliphatic rings. The molecule has 3 N–H and O–H groups in total. The molecule has 48 heavy (non-hydrogen) atoms. The number of carboxylic acid groups (broad SMARTS) is 2. The zero-order chi connectivity index (χ0) is 34.8. The SMILES string of the molecule is [3H]C1=C(C(=O)O)C=N[N+]1(c1nc2cc(Cl)c(S(=O)c3ccccc3)cc2[nH]1)c1nn(-c2nc3ccc(S(C)=O)cc3n2CF)cc1C(=O)O. The van der Waals surface area contributed by atoms with E-state index in [1.807, 2.05) is 0 Å². The first-order valence-corrected chi connectivity index (χ1v) is 16.8. The third-order valence-corrected chi connectivity index (χ3v) is 10.2. The van der Waals surface area contributed by atoms with Gasteiger partial charge < -0.3 is 10.2 Å². The third kappa shape index (κ3) is 5.03. The quantitative estimate of drug-likeness (QED) is 0.176. The van der Waals surface area contributed by atoms with Gasteiger partial charge in [-0.05, 0) is 42.5 Å². The molecule has 3 aromatic carbocycles. The van der Waals surface area contributed by atoms with Crippen molar-refractivity contribution in [2.24, 2.45) is 5.10 Å². The van der Waals surface area contributed by atoms with Crippen LogP contribution < -0.4 is 4.59 Å². The predicted molar refractivity (Wildman–Crippen MR) is 175 cm³/mol. The average molecular weight is 710 g/mol. The fourth-order valence-electron chi connectivity index (χ4n) is 5.18. The van der Waals surface area contributed by atoms with Gasteiger partial charge in [0.15, 0.2) is 18.5 Å². The van der Waals surface area contributed by atoms with Gasteiger partial charge in [0, 0.05) is 26.8 Å². The first-order valence-electron chi connectivity index (χ1n) is 14.2. The highest BCUT2D eigenvalue weighted by Gasteiger charge is 2.47. The lowest BCUT2D eigenvalue weighted by atomic mass is 10.3. The monoisotopic (exact) mass is 709 g/mol. The van der Waals surface area contributed by atoms with Crippen LogP contribution in [0.25, 0.3) is 28.0 Å². The normalized spacial score (nSPS) is 17.7. The summed E-state index contributed by atoms with van der Waals surface area (Å²) in [6, 6.07) is 16.1. The summed E-state index contributed by atoms with van der Waals surface area (Å²) in [7, 11) is -3.09. The van der Waals surface area contributed by atoms with Crippen LogP contribution in [0.3, 0.4) is 0 Å². The predicted octanol–water partition coefficient (Wildman–Crippen LogP) is 4.89. The van der Waals surface area contributed by atoms with Crippen molar-refractivity contribution in [2.75, 3.05) is 6.26 Å². The number of hydrogen-bond donors (Lipinski definition) is 3. The minimum Gasteiger partial charge on any atom is -0.477 e. The standard InChI is InChI=1S/C30H20ClFN8O6S2/c1-47(45)18-7-8-21-24(9-18)38(15-32)30(36-21)39-13-19(28(43)44)26(37-39)40(14-16(12-33-40)27(41)42)29-34-22-10-20(31)25(11-23(22)35-29)48(46)17-5-3-2-4-6-17/h2-14H,15H2,1H3,(H2-,34,35,41,42,43,44)/p+1/i14T. The second-order valence-electron chi connectivity index (χ2n) is 10.3. The van der Waals surface area contributed by atoms with E-state index in [0.29, 0.717) is 15.3 Å². The number of carbonyl (C=O) groups is 2. The third-order valence-electron chi connectivity index (χ3n) is 7.45. The maximum absolute atomic E-state index is 14.5. The first kappa shape index (κ1) is 30.0. The molecule has 0 saturated heterocycles. The van der Waals surface area contributed by atoms with Crippen molar-refractivity contribution in [2.45, 2.75) is 21.5 Å².